The van der Waals surface area contributed by atoms with Gasteiger partial charge in [0.2, 0.25) is 0 Å². The molecule has 0 saturated carbocycles. The zero-order valence-corrected chi connectivity index (χ0v) is 10.7. The summed E-state index contributed by atoms with van der Waals surface area (Å²) in [6, 6.07) is 0. The van der Waals surface area contributed by atoms with Crippen molar-refractivity contribution >= 4 is 7.28 Å². The van der Waals surface area contributed by atoms with Crippen LogP contribution in [-0.4, -0.2) is 22.7 Å². The molecule has 1 aliphatic carbocycles. The van der Waals surface area contributed by atoms with Gasteiger partial charge in [-0.1, -0.05) is 44.0 Å². The summed E-state index contributed by atoms with van der Waals surface area (Å²) in [5.74, 6) is 0.600. The topological polar surface area (TPSA) is 41.6 Å². The Hall–Kier alpha value is -0.795. The first-order valence-electron chi connectivity index (χ1n) is 6.55. The van der Waals surface area contributed by atoms with E-state index in [2.05, 4.69) is 36.1 Å². The van der Waals surface area contributed by atoms with Crippen LogP contribution in [0.25, 0.3) is 0 Å². The molecule has 0 aromatic carbocycles. The lowest BCUT2D eigenvalue weighted by Gasteiger charge is -2.33. The second-order valence-corrected chi connectivity index (χ2v) is 5.67. The Morgan fingerprint density at radius 1 is 1.31 bits per heavy atom. The van der Waals surface area contributed by atoms with Gasteiger partial charge in [0.25, 0.3) is 0 Å². The molecular weight excluding hydrogens is 197 g/mol. The zero-order valence-electron chi connectivity index (χ0n) is 10.7. The Kier molecular flexibility index (Phi) is 3.36. The Morgan fingerprint density at radius 2 is 2.12 bits per heavy atom. The van der Waals surface area contributed by atoms with Gasteiger partial charge in [0.1, 0.15) is 7.28 Å². The maximum atomic E-state index is 4.25. The largest absolute Gasteiger partial charge is 0.262 e. The molecular formula is C12H22BN3. The van der Waals surface area contributed by atoms with Gasteiger partial charge >= 0.3 is 0 Å². The van der Waals surface area contributed by atoms with Gasteiger partial charge in [-0.2, -0.15) is 0 Å². The minimum atomic E-state index is 0.348. The highest BCUT2D eigenvalue weighted by Crippen LogP contribution is 2.45. The molecule has 0 radical (unpaired) electrons. The molecule has 1 aromatic rings. The summed E-state index contributed by atoms with van der Waals surface area (Å²) in [7, 11) is 1.20. The molecule has 1 N–H and O–H groups in total. The Balaban J connectivity index is 2.32. The average Bonchev–Trinajstić information content (AvgIpc) is 2.65. The third-order valence-corrected chi connectivity index (χ3v) is 4.26. The smallest absolute Gasteiger partial charge is 0.125 e. The van der Waals surface area contributed by atoms with Crippen molar-refractivity contribution < 1.29 is 0 Å². The maximum absolute atomic E-state index is 4.25. The van der Waals surface area contributed by atoms with Crippen molar-refractivity contribution in [3.8, 4) is 0 Å². The van der Waals surface area contributed by atoms with Crippen molar-refractivity contribution in [3.63, 3.8) is 0 Å². The van der Waals surface area contributed by atoms with E-state index in [1.807, 2.05) is 0 Å². The predicted octanol–water partition coefficient (Wildman–Crippen LogP) is 2.69. The van der Waals surface area contributed by atoms with Crippen LogP contribution in [0.3, 0.4) is 0 Å². The van der Waals surface area contributed by atoms with E-state index in [9.17, 15) is 0 Å². The number of H-pyrrole nitrogens is 1. The fraction of sp³-hybridized carbons (Fsp3) is 0.833. The van der Waals surface area contributed by atoms with Crippen molar-refractivity contribution in [1.82, 2.24) is 15.4 Å². The minimum Gasteiger partial charge on any atom is -0.262 e. The third kappa shape index (κ3) is 2.16. The number of nitrogens with zero attached hydrogens (tertiary/aromatic N) is 2. The summed E-state index contributed by atoms with van der Waals surface area (Å²) in [6.07, 6.45) is 6.31. The fourth-order valence-electron chi connectivity index (χ4n) is 2.71. The van der Waals surface area contributed by atoms with Gasteiger partial charge in [-0.25, -0.2) is 0 Å². The van der Waals surface area contributed by atoms with Crippen molar-refractivity contribution in [2.45, 2.75) is 64.0 Å². The summed E-state index contributed by atoms with van der Waals surface area (Å²) in [5, 5.41) is 11.8. The molecule has 2 rings (SSSR count). The molecule has 0 spiro atoms. The SMILES string of the molecule is CBC(C)(C)C1CCCCCc2nn[nH]c21. The molecule has 1 atom stereocenters. The molecule has 0 fully saturated rings. The molecule has 0 amide bonds. The van der Waals surface area contributed by atoms with E-state index in [1.54, 1.807) is 0 Å². The van der Waals surface area contributed by atoms with Gasteiger partial charge in [-0.15, -0.1) is 5.10 Å². The van der Waals surface area contributed by atoms with Crippen molar-refractivity contribution in [3.05, 3.63) is 11.4 Å². The summed E-state index contributed by atoms with van der Waals surface area (Å²) in [6.45, 7) is 7.01. The number of nitrogens with one attached hydrogen (secondary N) is 1. The van der Waals surface area contributed by atoms with Crippen LogP contribution >= 0.6 is 0 Å². The molecule has 1 aromatic heterocycles. The second kappa shape index (κ2) is 4.60. The minimum absolute atomic E-state index is 0.348. The second-order valence-electron chi connectivity index (χ2n) is 5.67. The lowest BCUT2D eigenvalue weighted by molar-refractivity contribution is 0.436. The molecule has 1 aliphatic rings. The van der Waals surface area contributed by atoms with E-state index in [1.165, 1.54) is 44.4 Å². The van der Waals surface area contributed by atoms with Crippen molar-refractivity contribution in [2.24, 2.45) is 0 Å². The molecule has 0 aliphatic heterocycles. The van der Waals surface area contributed by atoms with E-state index >= 15 is 0 Å². The van der Waals surface area contributed by atoms with E-state index in [4.69, 9.17) is 0 Å². The van der Waals surface area contributed by atoms with Crippen LogP contribution in [0.2, 0.25) is 12.1 Å². The van der Waals surface area contributed by atoms with E-state index < -0.39 is 0 Å². The molecule has 1 heterocycles. The summed E-state index contributed by atoms with van der Waals surface area (Å²) in [4.78, 5) is 0. The standard InChI is InChI=1S/C12H22BN3/c1-12(2,13-3)9-7-5-4-6-8-10-11(9)15-16-14-10/h9,13H,4-8H2,1-3H3,(H,14,15,16). The van der Waals surface area contributed by atoms with Crippen LogP contribution < -0.4 is 0 Å². The van der Waals surface area contributed by atoms with Gasteiger partial charge < -0.3 is 0 Å². The van der Waals surface area contributed by atoms with Gasteiger partial charge in [-0.3, -0.25) is 5.10 Å². The monoisotopic (exact) mass is 219 g/mol. The van der Waals surface area contributed by atoms with Crippen LogP contribution in [0, 0.1) is 0 Å². The van der Waals surface area contributed by atoms with Gasteiger partial charge in [0.05, 0.1) is 11.4 Å². The first-order chi connectivity index (χ1) is 7.65. The van der Waals surface area contributed by atoms with Crippen LogP contribution in [-0.2, 0) is 6.42 Å². The van der Waals surface area contributed by atoms with Gasteiger partial charge in [0, 0.05) is 5.92 Å². The molecule has 16 heavy (non-hydrogen) atoms. The number of hydrogen-bond acceptors (Lipinski definition) is 2. The van der Waals surface area contributed by atoms with E-state index in [0.29, 0.717) is 11.2 Å². The van der Waals surface area contributed by atoms with Crippen LogP contribution in [0.1, 0.15) is 56.8 Å². The molecule has 4 heteroatoms. The zero-order chi connectivity index (χ0) is 11.6. The van der Waals surface area contributed by atoms with Gasteiger partial charge in [0.15, 0.2) is 0 Å². The maximum Gasteiger partial charge on any atom is 0.125 e. The third-order valence-electron chi connectivity index (χ3n) is 4.26. The van der Waals surface area contributed by atoms with Crippen molar-refractivity contribution in [1.29, 1.82) is 0 Å². The fourth-order valence-corrected chi connectivity index (χ4v) is 2.71. The number of fused-ring (bicyclic) bond motifs is 1. The highest BCUT2D eigenvalue weighted by atomic mass is 15.3. The van der Waals surface area contributed by atoms with Gasteiger partial charge in [-0.05, 0) is 19.3 Å². The van der Waals surface area contributed by atoms with E-state index in [0.717, 1.165) is 6.42 Å². The number of aromatic nitrogens is 3. The first kappa shape index (κ1) is 11.7. The van der Waals surface area contributed by atoms with Crippen LogP contribution in [0.4, 0.5) is 0 Å². The van der Waals surface area contributed by atoms with Crippen LogP contribution in [0.15, 0.2) is 0 Å². The van der Waals surface area contributed by atoms with Crippen molar-refractivity contribution in [2.75, 3.05) is 0 Å². The molecule has 1 unspecified atom stereocenters. The summed E-state index contributed by atoms with van der Waals surface area (Å²) >= 11 is 0. The number of hydrogen-bond donors (Lipinski definition) is 1. The average molecular weight is 219 g/mol. The highest BCUT2D eigenvalue weighted by Gasteiger charge is 2.33. The molecule has 88 valence electrons. The molecule has 0 bridgehead atoms. The number of aromatic amines is 1. The summed E-state index contributed by atoms with van der Waals surface area (Å²) in [5.41, 5.74) is 2.53. The number of aryl methyl sites for hydroxylation is 1. The lowest BCUT2D eigenvalue weighted by atomic mass is 9.49. The quantitative estimate of drug-likeness (QED) is 0.777. The van der Waals surface area contributed by atoms with E-state index in [-0.39, 0.29) is 0 Å². The Bertz CT molecular complexity index is 346. The summed E-state index contributed by atoms with van der Waals surface area (Å²) < 4.78 is 0. The normalized spacial score (nSPS) is 22.1. The highest BCUT2D eigenvalue weighted by molar-refractivity contribution is 6.38. The number of rotatable bonds is 2. The first-order valence-corrected chi connectivity index (χ1v) is 6.55. The lowest BCUT2D eigenvalue weighted by Crippen LogP contribution is -2.23. The van der Waals surface area contributed by atoms with Crippen LogP contribution in [0.5, 0.6) is 0 Å². The molecule has 3 nitrogen and oxygen atoms in total. The molecule has 0 saturated heterocycles. The predicted molar refractivity (Wildman–Crippen MR) is 68.3 cm³/mol. The Morgan fingerprint density at radius 3 is 2.88 bits per heavy atom. The Labute approximate surface area is 98.6 Å².